The van der Waals surface area contributed by atoms with Gasteiger partial charge < -0.3 is 15.0 Å². The molecule has 0 aliphatic carbocycles. The molecule has 0 bridgehead atoms. The molecule has 3 aromatic carbocycles. The van der Waals surface area contributed by atoms with Crippen molar-refractivity contribution in [2.24, 2.45) is 0 Å². The van der Waals surface area contributed by atoms with Crippen LogP contribution in [0.3, 0.4) is 0 Å². The number of anilines is 2. The molecule has 138 valence electrons. The number of halogens is 1. The van der Waals surface area contributed by atoms with E-state index in [9.17, 15) is 4.79 Å². The molecule has 5 heteroatoms. The van der Waals surface area contributed by atoms with E-state index >= 15 is 0 Å². The maximum atomic E-state index is 12.0. The van der Waals surface area contributed by atoms with Crippen molar-refractivity contribution in [2.45, 2.75) is 6.54 Å². The van der Waals surface area contributed by atoms with Gasteiger partial charge in [0, 0.05) is 30.0 Å². The number of carbonyl (C=O) groups excluding carboxylic acids is 1. The molecule has 0 aromatic heterocycles. The quantitative estimate of drug-likeness (QED) is 0.627. The van der Waals surface area contributed by atoms with Crippen molar-refractivity contribution in [1.82, 2.24) is 0 Å². The lowest BCUT2D eigenvalue weighted by Crippen LogP contribution is -2.20. The fourth-order valence-electron chi connectivity index (χ4n) is 2.62. The van der Waals surface area contributed by atoms with Crippen molar-refractivity contribution < 1.29 is 9.53 Å². The highest BCUT2D eigenvalue weighted by molar-refractivity contribution is 6.30. The number of hydrogen-bond donors (Lipinski definition) is 1. The van der Waals surface area contributed by atoms with Crippen molar-refractivity contribution >= 4 is 28.9 Å². The Kier molecular flexibility index (Phi) is 6.34. The number of nitrogens with one attached hydrogen (secondary N) is 1. The second-order valence-electron chi connectivity index (χ2n) is 6.18. The second kappa shape index (κ2) is 9.10. The van der Waals surface area contributed by atoms with Gasteiger partial charge in [-0.2, -0.15) is 0 Å². The lowest BCUT2D eigenvalue weighted by Gasteiger charge is -2.19. The first-order chi connectivity index (χ1) is 13.1. The van der Waals surface area contributed by atoms with Crippen molar-refractivity contribution in [3.05, 3.63) is 89.4 Å². The predicted molar refractivity (Wildman–Crippen MR) is 111 cm³/mol. The average Bonchev–Trinajstić information content (AvgIpc) is 2.69. The molecule has 0 saturated carbocycles. The van der Waals surface area contributed by atoms with E-state index in [1.54, 1.807) is 24.3 Å². The second-order valence-corrected chi connectivity index (χ2v) is 6.62. The minimum Gasteiger partial charge on any atom is -0.484 e. The van der Waals surface area contributed by atoms with Crippen molar-refractivity contribution in [1.29, 1.82) is 0 Å². The van der Waals surface area contributed by atoms with Crippen LogP contribution in [0.1, 0.15) is 5.56 Å². The van der Waals surface area contributed by atoms with Gasteiger partial charge in [-0.25, -0.2) is 0 Å². The third-order valence-corrected chi connectivity index (χ3v) is 4.29. The highest BCUT2D eigenvalue weighted by Crippen LogP contribution is 2.19. The zero-order valence-corrected chi connectivity index (χ0v) is 15.8. The Morgan fingerprint density at radius 2 is 1.63 bits per heavy atom. The number of ether oxygens (including phenoxy) is 1. The van der Waals surface area contributed by atoms with E-state index in [1.165, 1.54) is 5.56 Å². The van der Waals surface area contributed by atoms with E-state index in [0.29, 0.717) is 10.8 Å². The topological polar surface area (TPSA) is 41.6 Å². The van der Waals surface area contributed by atoms with Crippen LogP contribution in [0, 0.1) is 0 Å². The monoisotopic (exact) mass is 380 g/mol. The molecule has 0 heterocycles. The van der Waals surface area contributed by atoms with Crippen LogP contribution < -0.4 is 15.0 Å². The number of amides is 1. The minimum atomic E-state index is -0.213. The summed E-state index contributed by atoms with van der Waals surface area (Å²) in [5.74, 6) is 0.391. The number of carbonyl (C=O) groups is 1. The third-order valence-electron chi connectivity index (χ3n) is 4.04. The highest BCUT2D eigenvalue weighted by atomic mass is 35.5. The Morgan fingerprint density at radius 1 is 0.963 bits per heavy atom. The summed E-state index contributed by atoms with van der Waals surface area (Å²) in [5, 5.41) is 3.46. The Morgan fingerprint density at radius 3 is 2.30 bits per heavy atom. The summed E-state index contributed by atoms with van der Waals surface area (Å²) in [5.41, 5.74) is 3.06. The summed E-state index contributed by atoms with van der Waals surface area (Å²) in [7, 11) is 2.04. The van der Waals surface area contributed by atoms with E-state index in [0.717, 1.165) is 17.9 Å². The molecule has 1 amide bonds. The highest BCUT2D eigenvalue weighted by Gasteiger charge is 2.06. The molecular formula is C22H21ClN2O2. The lowest BCUT2D eigenvalue weighted by molar-refractivity contribution is -0.118. The molecule has 4 nitrogen and oxygen atoms in total. The molecule has 0 aliphatic rings. The Hall–Kier alpha value is -2.98. The first-order valence-electron chi connectivity index (χ1n) is 8.63. The van der Waals surface area contributed by atoms with E-state index in [1.807, 2.05) is 49.5 Å². The number of benzene rings is 3. The molecule has 0 radical (unpaired) electrons. The predicted octanol–water partition coefficient (Wildman–Crippen LogP) is 4.99. The van der Waals surface area contributed by atoms with E-state index in [-0.39, 0.29) is 12.5 Å². The number of hydrogen-bond acceptors (Lipinski definition) is 3. The average molecular weight is 381 g/mol. The maximum Gasteiger partial charge on any atom is 0.262 e. The Bertz CT molecular complexity index is 865. The van der Waals surface area contributed by atoms with Crippen LogP contribution in [0.4, 0.5) is 11.4 Å². The first kappa shape index (κ1) is 18.8. The molecule has 0 atom stereocenters. The van der Waals surface area contributed by atoms with E-state index in [4.69, 9.17) is 16.3 Å². The normalized spacial score (nSPS) is 10.3. The number of rotatable bonds is 7. The smallest absolute Gasteiger partial charge is 0.262 e. The first-order valence-corrected chi connectivity index (χ1v) is 9.01. The number of nitrogens with zero attached hydrogens (tertiary/aromatic N) is 1. The zero-order chi connectivity index (χ0) is 19.1. The summed E-state index contributed by atoms with van der Waals surface area (Å²) in [4.78, 5) is 14.2. The molecule has 0 fully saturated rings. The largest absolute Gasteiger partial charge is 0.484 e. The van der Waals surface area contributed by atoms with Crippen LogP contribution in [-0.2, 0) is 11.3 Å². The van der Waals surface area contributed by atoms with E-state index in [2.05, 4.69) is 22.3 Å². The lowest BCUT2D eigenvalue weighted by atomic mass is 10.2. The van der Waals surface area contributed by atoms with Gasteiger partial charge in [0.2, 0.25) is 0 Å². The molecule has 1 N–H and O–H groups in total. The summed E-state index contributed by atoms with van der Waals surface area (Å²) in [6.07, 6.45) is 0. The Labute approximate surface area is 164 Å². The van der Waals surface area contributed by atoms with Gasteiger partial charge >= 0.3 is 0 Å². The van der Waals surface area contributed by atoms with E-state index < -0.39 is 0 Å². The molecule has 3 aromatic rings. The summed E-state index contributed by atoms with van der Waals surface area (Å²) < 4.78 is 5.44. The van der Waals surface area contributed by atoms with Crippen LogP contribution >= 0.6 is 11.6 Å². The third kappa shape index (κ3) is 5.76. The minimum absolute atomic E-state index is 0.0582. The zero-order valence-electron chi connectivity index (χ0n) is 15.1. The van der Waals surface area contributed by atoms with Crippen molar-refractivity contribution in [3.8, 4) is 5.75 Å². The molecule has 3 rings (SSSR count). The van der Waals surface area contributed by atoms with Gasteiger partial charge in [-0.05, 0) is 54.1 Å². The molecule has 0 saturated heterocycles. The van der Waals surface area contributed by atoms with Gasteiger partial charge in [0.15, 0.2) is 6.61 Å². The van der Waals surface area contributed by atoms with Gasteiger partial charge in [0.05, 0.1) is 0 Å². The van der Waals surface area contributed by atoms with Gasteiger partial charge in [0.25, 0.3) is 5.91 Å². The van der Waals surface area contributed by atoms with Crippen LogP contribution in [0.5, 0.6) is 5.75 Å². The molecule has 27 heavy (non-hydrogen) atoms. The molecule has 0 aliphatic heterocycles. The van der Waals surface area contributed by atoms with Gasteiger partial charge in [0.1, 0.15) is 5.75 Å². The summed E-state index contributed by atoms with van der Waals surface area (Å²) in [6.45, 7) is 0.763. The van der Waals surface area contributed by atoms with Crippen LogP contribution in [0.2, 0.25) is 5.02 Å². The van der Waals surface area contributed by atoms with Crippen LogP contribution in [0.15, 0.2) is 78.9 Å². The molecule has 0 unspecified atom stereocenters. The van der Waals surface area contributed by atoms with Gasteiger partial charge in [-0.1, -0.05) is 41.9 Å². The maximum absolute atomic E-state index is 12.0. The van der Waals surface area contributed by atoms with Crippen molar-refractivity contribution in [3.63, 3.8) is 0 Å². The summed E-state index contributed by atoms with van der Waals surface area (Å²) in [6, 6.07) is 24.9. The summed E-state index contributed by atoms with van der Waals surface area (Å²) >= 11 is 5.82. The fourth-order valence-corrected chi connectivity index (χ4v) is 2.75. The molecule has 0 spiro atoms. The van der Waals surface area contributed by atoms with Gasteiger partial charge in [-0.15, -0.1) is 0 Å². The van der Waals surface area contributed by atoms with Gasteiger partial charge in [-0.3, -0.25) is 4.79 Å². The van der Waals surface area contributed by atoms with Crippen LogP contribution in [-0.4, -0.2) is 19.6 Å². The standard InChI is InChI=1S/C22H21ClN2O2/c1-25(15-17-5-3-2-4-6-17)20-11-9-19(10-12-20)24-22(26)16-27-21-13-7-18(23)8-14-21/h2-14H,15-16H2,1H3,(H,24,26). The SMILES string of the molecule is CN(Cc1ccccc1)c1ccc(NC(=O)COc2ccc(Cl)cc2)cc1. The van der Waals surface area contributed by atoms with Crippen LogP contribution in [0.25, 0.3) is 0 Å². The van der Waals surface area contributed by atoms with Crippen molar-refractivity contribution in [2.75, 3.05) is 23.9 Å². The fraction of sp³-hybridized carbons (Fsp3) is 0.136. The Balaban J connectivity index is 1.50. The molecular weight excluding hydrogens is 360 g/mol.